The maximum Gasteiger partial charge on any atom is 0.476 e. The molecule has 2 bridgehead atoms. The number of hydrogen-bond acceptors (Lipinski definition) is 4. The van der Waals surface area contributed by atoms with Gasteiger partial charge in [0, 0.05) is 5.69 Å². The second kappa shape index (κ2) is 7.20. The molecule has 1 unspecified atom stereocenters. The molecule has 0 aliphatic heterocycles. The van der Waals surface area contributed by atoms with E-state index in [2.05, 4.69) is 10.6 Å². The van der Waals surface area contributed by atoms with Gasteiger partial charge in [-0.05, 0) is 61.8 Å². The maximum atomic E-state index is 13.4. The normalized spacial score (nSPS) is 27.0. The molecule has 5 nitrogen and oxygen atoms in total. The van der Waals surface area contributed by atoms with Gasteiger partial charge >= 0.3 is 7.75 Å². The fourth-order valence-electron chi connectivity index (χ4n) is 3.84. The van der Waals surface area contributed by atoms with Crippen molar-refractivity contribution in [2.75, 3.05) is 5.43 Å². The van der Waals surface area contributed by atoms with Crippen LogP contribution in [0.25, 0.3) is 0 Å². The number of nitrogens with one attached hydrogen (secondary N) is 2. The van der Waals surface area contributed by atoms with Crippen molar-refractivity contribution in [3.8, 4) is 5.75 Å². The van der Waals surface area contributed by atoms with Crippen LogP contribution in [0, 0.1) is 11.8 Å². The molecular weight excluding hydrogens is 335 g/mol. The molecule has 0 radical (unpaired) electrons. The Labute approximate surface area is 148 Å². The lowest BCUT2D eigenvalue weighted by Crippen LogP contribution is -2.28. The third-order valence-corrected chi connectivity index (χ3v) is 6.41. The predicted octanol–water partition coefficient (Wildman–Crippen LogP) is 5.00. The average Bonchev–Trinajstić information content (AvgIpc) is 3.25. The summed E-state index contributed by atoms with van der Waals surface area (Å²) in [4.78, 5) is 0. The van der Waals surface area contributed by atoms with Crippen molar-refractivity contribution in [3.63, 3.8) is 0 Å². The summed E-state index contributed by atoms with van der Waals surface area (Å²) in [5, 5.41) is 2.81. The summed E-state index contributed by atoms with van der Waals surface area (Å²) in [5.41, 5.74) is 3.76. The standard InChI is InChI=1S/C19H23N2O3P/c22-25(23-18-9-5-2-6-10-18,21-20-17-7-3-1-4-8-17)24-19-14-15-11-12-16(19)13-15/h1-10,15-16,19-20H,11-14H2,(H,21,22)/t15-,16+,19+,25?/m1/s1. The van der Waals surface area contributed by atoms with Crippen LogP contribution < -0.4 is 15.1 Å². The summed E-state index contributed by atoms with van der Waals surface area (Å²) in [5.74, 6) is 1.73. The van der Waals surface area contributed by atoms with Crippen LogP contribution in [-0.2, 0) is 9.09 Å². The van der Waals surface area contributed by atoms with Gasteiger partial charge in [0.1, 0.15) is 5.75 Å². The molecule has 2 aliphatic carbocycles. The summed E-state index contributed by atoms with van der Waals surface area (Å²) in [7, 11) is -3.55. The third-order valence-electron chi connectivity index (χ3n) is 5.03. The quantitative estimate of drug-likeness (QED) is 0.539. The molecule has 2 N–H and O–H groups in total. The zero-order chi connectivity index (χ0) is 17.1. The van der Waals surface area contributed by atoms with Crippen LogP contribution in [0.15, 0.2) is 60.7 Å². The lowest BCUT2D eigenvalue weighted by atomic mass is 9.98. The monoisotopic (exact) mass is 358 g/mol. The number of para-hydroxylation sites is 2. The SMILES string of the molecule is O=P(NNc1ccccc1)(Oc1ccccc1)O[C@H]1C[C@@H]2CC[C@H]1C2. The molecule has 4 rings (SSSR count). The third kappa shape index (κ3) is 4.06. The van der Waals surface area contributed by atoms with Crippen LogP contribution in [0.4, 0.5) is 5.69 Å². The van der Waals surface area contributed by atoms with Crippen molar-refractivity contribution in [1.82, 2.24) is 5.20 Å². The molecule has 0 amide bonds. The molecule has 6 heteroatoms. The lowest BCUT2D eigenvalue weighted by Gasteiger charge is -2.28. The van der Waals surface area contributed by atoms with Crippen LogP contribution in [0.2, 0.25) is 0 Å². The Kier molecular flexibility index (Phi) is 4.80. The largest absolute Gasteiger partial charge is 0.476 e. The van der Waals surface area contributed by atoms with E-state index in [1.54, 1.807) is 12.1 Å². The summed E-state index contributed by atoms with van der Waals surface area (Å²) < 4.78 is 25.1. The predicted molar refractivity (Wildman–Crippen MR) is 98.2 cm³/mol. The van der Waals surface area contributed by atoms with E-state index in [0.717, 1.165) is 18.5 Å². The molecule has 132 valence electrons. The molecular formula is C19H23N2O3P. The van der Waals surface area contributed by atoms with Gasteiger partial charge in [-0.15, -0.1) is 5.20 Å². The molecule has 0 spiro atoms. The number of hydrazine groups is 1. The molecule has 2 saturated carbocycles. The number of fused-ring (bicyclic) bond motifs is 2. The van der Waals surface area contributed by atoms with Gasteiger partial charge in [-0.3, -0.25) is 4.52 Å². The first-order valence-corrected chi connectivity index (χ1v) is 10.4. The van der Waals surface area contributed by atoms with Gasteiger partial charge in [0.15, 0.2) is 0 Å². The minimum atomic E-state index is -3.55. The van der Waals surface area contributed by atoms with Gasteiger partial charge < -0.3 is 9.95 Å². The highest BCUT2D eigenvalue weighted by atomic mass is 31.2. The average molecular weight is 358 g/mol. The summed E-state index contributed by atoms with van der Waals surface area (Å²) in [6, 6.07) is 18.7. The number of rotatable bonds is 7. The first-order valence-electron chi connectivity index (χ1n) is 8.82. The molecule has 2 aromatic carbocycles. The molecule has 0 aromatic heterocycles. The number of benzene rings is 2. The van der Waals surface area contributed by atoms with Crippen LogP contribution in [-0.4, -0.2) is 6.10 Å². The minimum Gasteiger partial charge on any atom is -0.412 e. The molecule has 0 heterocycles. The zero-order valence-corrected chi connectivity index (χ0v) is 14.9. The second-order valence-corrected chi connectivity index (χ2v) is 8.44. The highest BCUT2D eigenvalue weighted by Gasteiger charge is 2.44. The van der Waals surface area contributed by atoms with Crippen molar-refractivity contribution in [1.29, 1.82) is 0 Å². The molecule has 2 fully saturated rings. The Morgan fingerprint density at radius 2 is 1.64 bits per heavy atom. The van der Waals surface area contributed by atoms with Crippen LogP contribution in [0.5, 0.6) is 5.75 Å². The van der Waals surface area contributed by atoms with E-state index in [-0.39, 0.29) is 6.10 Å². The lowest BCUT2D eigenvalue weighted by molar-refractivity contribution is 0.120. The van der Waals surface area contributed by atoms with Crippen LogP contribution >= 0.6 is 7.75 Å². The second-order valence-electron chi connectivity index (χ2n) is 6.82. The van der Waals surface area contributed by atoms with Crippen molar-refractivity contribution >= 4 is 13.4 Å². The van der Waals surface area contributed by atoms with E-state index in [0.29, 0.717) is 17.6 Å². The van der Waals surface area contributed by atoms with Gasteiger partial charge in [-0.25, -0.2) is 4.57 Å². The van der Waals surface area contributed by atoms with Gasteiger partial charge in [-0.2, -0.15) is 0 Å². The Bertz CT molecular complexity index is 741. The summed E-state index contributed by atoms with van der Waals surface area (Å²) >= 11 is 0. The fraction of sp³-hybridized carbons (Fsp3) is 0.368. The summed E-state index contributed by atoms with van der Waals surface area (Å²) in [6.07, 6.45) is 4.58. The molecule has 4 atom stereocenters. The van der Waals surface area contributed by atoms with Crippen LogP contribution in [0.1, 0.15) is 25.7 Å². The van der Waals surface area contributed by atoms with Crippen molar-refractivity contribution in [2.24, 2.45) is 11.8 Å². The van der Waals surface area contributed by atoms with Crippen LogP contribution in [0.3, 0.4) is 0 Å². The van der Waals surface area contributed by atoms with Gasteiger partial charge in [0.2, 0.25) is 0 Å². The van der Waals surface area contributed by atoms with Crippen molar-refractivity contribution in [2.45, 2.75) is 31.8 Å². The molecule has 0 saturated heterocycles. The minimum absolute atomic E-state index is 0.00151. The summed E-state index contributed by atoms with van der Waals surface area (Å²) in [6.45, 7) is 0. The van der Waals surface area contributed by atoms with Gasteiger partial charge in [-0.1, -0.05) is 36.4 Å². The van der Waals surface area contributed by atoms with Crippen molar-refractivity contribution in [3.05, 3.63) is 60.7 Å². The zero-order valence-electron chi connectivity index (χ0n) is 14.0. The fourth-order valence-corrected chi connectivity index (χ4v) is 5.26. The first-order chi connectivity index (χ1) is 12.2. The van der Waals surface area contributed by atoms with E-state index < -0.39 is 7.75 Å². The van der Waals surface area contributed by atoms with E-state index in [4.69, 9.17) is 9.05 Å². The molecule has 2 aliphatic rings. The molecule has 2 aromatic rings. The van der Waals surface area contributed by atoms with Crippen molar-refractivity contribution < 1.29 is 13.6 Å². The van der Waals surface area contributed by atoms with E-state index >= 15 is 0 Å². The Morgan fingerprint density at radius 1 is 0.920 bits per heavy atom. The van der Waals surface area contributed by atoms with Gasteiger partial charge in [0.05, 0.1) is 6.10 Å². The first kappa shape index (κ1) is 16.6. The number of hydrogen-bond donors (Lipinski definition) is 2. The Morgan fingerprint density at radius 3 is 2.28 bits per heavy atom. The Balaban J connectivity index is 1.48. The smallest absolute Gasteiger partial charge is 0.412 e. The Hall–Kier alpha value is -1.81. The van der Waals surface area contributed by atoms with E-state index in [1.807, 2.05) is 48.5 Å². The maximum absolute atomic E-state index is 13.4. The number of anilines is 1. The van der Waals surface area contributed by atoms with Gasteiger partial charge in [0.25, 0.3) is 0 Å². The topological polar surface area (TPSA) is 59.6 Å². The molecule has 25 heavy (non-hydrogen) atoms. The van der Waals surface area contributed by atoms with E-state index in [9.17, 15) is 4.57 Å². The highest BCUT2D eigenvalue weighted by Crippen LogP contribution is 2.53. The van der Waals surface area contributed by atoms with E-state index in [1.165, 1.54) is 12.8 Å². The highest BCUT2D eigenvalue weighted by molar-refractivity contribution is 7.52.